The van der Waals surface area contributed by atoms with Crippen LogP contribution < -0.4 is 5.73 Å². The van der Waals surface area contributed by atoms with E-state index in [1.807, 2.05) is 20.8 Å². The Morgan fingerprint density at radius 1 is 1.35 bits per heavy atom. The van der Waals surface area contributed by atoms with E-state index in [1.165, 1.54) is 4.21 Å². The van der Waals surface area contributed by atoms with Crippen LogP contribution >= 0.6 is 23.1 Å². The first-order valence-corrected chi connectivity index (χ1v) is 7.56. The summed E-state index contributed by atoms with van der Waals surface area (Å²) < 4.78 is 12.2. The van der Waals surface area contributed by atoms with E-state index in [9.17, 15) is 0 Å². The van der Waals surface area contributed by atoms with Crippen molar-refractivity contribution in [2.45, 2.75) is 37.7 Å². The molecule has 0 aliphatic heterocycles. The number of thioether (sulfide) groups is 1. The molecule has 0 spiro atoms. The van der Waals surface area contributed by atoms with Crippen LogP contribution in [0.3, 0.4) is 0 Å². The Labute approximate surface area is 111 Å². The van der Waals surface area contributed by atoms with Crippen molar-refractivity contribution in [3.05, 3.63) is 5.69 Å². The summed E-state index contributed by atoms with van der Waals surface area (Å²) in [5, 5.41) is 0.635. The van der Waals surface area contributed by atoms with Gasteiger partial charge in [-0.05, 0) is 20.8 Å². The Balaban J connectivity index is 2.32. The van der Waals surface area contributed by atoms with Crippen LogP contribution in [-0.2, 0) is 9.47 Å². The van der Waals surface area contributed by atoms with Gasteiger partial charge >= 0.3 is 0 Å². The number of aromatic nitrogens is 1. The molecular weight excluding hydrogens is 256 g/mol. The molecule has 98 valence electrons. The van der Waals surface area contributed by atoms with Crippen molar-refractivity contribution in [1.82, 2.24) is 4.98 Å². The number of anilines is 1. The zero-order valence-electron chi connectivity index (χ0n) is 10.6. The fourth-order valence-corrected chi connectivity index (χ4v) is 3.43. The van der Waals surface area contributed by atoms with E-state index in [2.05, 4.69) is 4.98 Å². The predicted molar refractivity (Wildman–Crippen MR) is 73.6 cm³/mol. The van der Waals surface area contributed by atoms with Gasteiger partial charge < -0.3 is 15.2 Å². The van der Waals surface area contributed by atoms with Gasteiger partial charge in [0.1, 0.15) is 0 Å². The number of nitrogens with zero attached hydrogens (tertiary/aromatic N) is 1. The van der Waals surface area contributed by atoms with E-state index < -0.39 is 0 Å². The molecule has 0 saturated carbocycles. The monoisotopic (exact) mass is 276 g/mol. The number of nitrogens with two attached hydrogens (primary N) is 1. The maximum atomic E-state index is 5.65. The second kappa shape index (κ2) is 7.92. The molecule has 0 radical (unpaired) electrons. The number of hydrogen-bond donors (Lipinski definition) is 1. The first-order valence-electron chi connectivity index (χ1n) is 5.76. The SMILES string of the molecule is CCOC(CCSc1sc(N)nc1C)OCC. The molecule has 0 aliphatic carbocycles. The van der Waals surface area contributed by atoms with Gasteiger partial charge in [0, 0.05) is 25.4 Å². The van der Waals surface area contributed by atoms with Crippen molar-refractivity contribution < 1.29 is 9.47 Å². The van der Waals surface area contributed by atoms with Gasteiger partial charge in [-0.2, -0.15) is 0 Å². The van der Waals surface area contributed by atoms with Crippen molar-refractivity contribution in [1.29, 1.82) is 0 Å². The number of hydrogen-bond acceptors (Lipinski definition) is 6. The second-order valence-electron chi connectivity index (χ2n) is 3.40. The molecule has 6 heteroatoms. The highest BCUT2D eigenvalue weighted by atomic mass is 32.2. The van der Waals surface area contributed by atoms with Crippen molar-refractivity contribution >= 4 is 28.2 Å². The van der Waals surface area contributed by atoms with Crippen LogP contribution in [0.5, 0.6) is 0 Å². The van der Waals surface area contributed by atoms with E-state index >= 15 is 0 Å². The first kappa shape index (κ1) is 14.8. The Morgan fingerprint density at radius 2 is 2.00 bits per heavy atom. The van der Waals surface area contributed by atoms with Crippen molar-refractivity contribution in [2.24, 2.45) is 0 Å². The maximum Gasteiger partial charge on any atom is 0.181 e. The summed E-state index contributed by atoms with van der Waals surface area (Å²) in [5.74, 6) is 0.952. The van der Waals surface area contributed by atoms with Crippen LogP contribution in [0.15, 0.2) is 4.21 Å². The van der Waals surface area contributed by atoms with Crippen molar-refractivity contribution in [3.63, 3.8) is 0 Å². The first-order chi connectivity index (χ1) is 8.17. The minimum atomic E-state index is -0.0944. The smallest absolute Gasteiger partial charge is 0.181 e. The summed E-state index contributed by atoms with van der Waals surface area (Å²) in [6.07, 6.45) is 0.784. The largest absolute Gasteiger partial charge is 0.375 e. The molecule has 0 atom stereocenters. The second-order valence-corrected chi connectivity index (χ2v) is 5.80. The number of aryl methyl sites for hydroxylation is 1. The number of ether oxygens (including phenoxy) is 2. The third-order valence-electron chi connectivity index (χ3n) is 2.06. The Morgan fingerprint density at radius 3 is 2.47 bits per heavy atom. The summed E-state index contributed by atoms with van der Waals surface area (Å²) in [6, 6.07) is 0. The van der Waals surface area contributed by atoms with Crippen LogP contribution in [0, 0.1) is 6.92 Å². The van der Waals surface area contributed by atoms with E-state index in [0.29, 0.717) is 18.3 Å². The molecule has 1 aromatic rings. The fourth-order valence-electron chi connectivity index (χ4n) is 1.37. The van der Waals surface area contributed by atoms with Gasteiger partial charge in [-0.3, -0.25) is 0 Å². The number of nitrogen functional groups attached to an aromatic ring is 1. The minimum Gasteiger partial charge on any atom is -0.375 e. The average Bonchev–Trinajstić information content (AvgIpc) is 2.58. The molecule has 1 rings (SSSR count). The van der Waals surface area contributed by atoms with Crippen molar-refractivity contribution in [2.75, 3.05) is 24.7 Å². The molecule has 1 heterocycles. The predicted octanol–water partition coefficient (Wildman–Crippen LogP) is 2.92. The number of thiazole rings is 1. The van der Waals surface area contributed by atoms with Gasteiger partial charge in [-0.1, -0.05) is 11.3 Å². The van der Waals surface area contributed by atoms with E-state index in [-0.39, 0.29) is 6.29 Å². The van der Waals surface area contributed by atoms with Crippen LogP contribution in [0.2, 0.25) is 0 Å². The molecule has 0 aliphatic rings. The minimum absolute atomic E-state index is 0.0944. The lowest BCUT2D eigenvalue weighted by Crippen LogP contribution is -2.18. The average molecular weight is 276 g/mol. The topological polar surface area (TPSA) is 57.4 Å². The Kier molecular flexibility index (Phi) is 6.87. The summed E-state index contributed by atoms with van der Waals surface area (Å²) in [5.41, 5.74) is 6.67. The van der Waals surface area contributed by atoms with E-state index in [0.717, 1.165) is 17.9 Å². The van der Waals surface area contributed by atoms with Crippen LogP contribution in [0.25, 0.3) is 0 Å². The highest BCUT2D eigenvalue weighted by Crippen LogP contribution is 2.31. The standard InChI is InChI=1S/C11H20N2O2S2/c1-4-14-9(15-5-2)6-7-16-10-8(3)13-11(12)17-10/h9H,4-7H2,1-3H3,(H2,12,13). The molecule has 0 fully saturated rings. The summed E-state index contributed by atoms with van der Waals surface area (Å²) in [6.45, 7) is 7.31. The molecule has 0 amide bonds. The Hall–Kier alpha value is -0.300. The lowest BCUT2D eigenvalue weighted by molar-refractivity contribution is -0.136. The van der Waals surface area contributed by atoms with Crippen molar-refractivity contribution in [3.8, 4) is 0 Å². The highest BCUT2D eigenvalue weighted by molar-refractivity contribution is 8.01. The molecule has 0 aromatic carbocycles. The van der Waals surface area contributed by atoms with Crippen LogP contribution in [-0.4, -0.2) is 30.2 Å². The van der Waals surface area contributed by atoms with Gasteiger partial charge in [0.2, 0.25) is 0 Å². The molecule has 2 N–H and O–H groups in total. The molecule has 4 nitrogen and oxygen atoms in total. The third-order valence-corrected chi connectivity index (χ3v) is 4.44. The van der Waals surface area contributed by atoms with E-state index in [4.69, 9.17) is 15.2 Å². The van der Waals surface area contributed by atoms with Gasteiger partial charge in [-0.25, -0.2) is 4.98 Å². The van der Waals surface area contributed by atoms with Gasteiger partial charge in [0.05, 0.1) is 9.90 Å². The summed E-state index contributed by atoms with van der Waals surface area (Å²) >= 11 is 3.30. The van der Waals surface area contributed by atoms with Gasteiger partial charge in [0.15, 0.2) is 11.4 Å². The summed E-state index contributed by atoms with van der Waals surface area (Å²) in [7, 11) is 0. The lowest BCUT2D eigenvalue weighted by Gasteiger charge is -2.16. The molecule has 0 bridgehead atoms. The molecule has 0 unspecified atom stereocenters. The zero-order chi connectivity index (χ0) is 12.7. The quantitative estimate of drug-likeness (QED) is 0.584. The fraction of sp³-hybridized carbons (Fsp3) is 0.727. The Bertz CT molecular complexity index is 325. The van der Waals surface area contributed by atoms with Crippen LogP contribution in [0.1, 0.15) is 26.0 Å². The number of rotatable bonds is 8. The lowest BCUT2D eigenvalue weighted by atomic mass is 10.5. The van der Waals surface area contributed by atoms with Gasteiger partial charge in [0.25, 0.3) is 0 Å². The normalized spacial score (nSPS) is 11.3. The molecule has 0 saturated heterocycles. The van der Waals surface area contributed by atoms with Crippen LogP contribution in [0.4, 0.5) is 5.13 Å². The summed E-state index contributed by atoms with van der Waals surface area (Å²) in [4.78, 5) is 4.19. The molecule has 17 heavy (non-hydrogen) atoms. The van der Waals surface area contributed by atoms with E-state index in [1.54, 1.807) is 23.1 Å². The highest BCUT2D eigenvalue weighted by Gasteiger charge is 2.10. The van der Waals surface area contributed by atoms with Gasteiger partial charge in [-0.15, -0.1) is 11.8 Å². The molecular formula is C11H20N2O2S2. The zero-order valence-corrected chi connectivity index (χ0v) is 12.2. The third kappa shape index (κ3) is 5.25. The maximum absolute atomic E-state index is 5.65. The molecule has 1 aromatic heterocycles.